The molecule has 3 atom stereocenters. The summed E-state index contributed by atoms with van der Waals surface area (Å²) < 4.78 is 38.9. The highest BCUT2D eigenvalue weighted by Crippen LogP contribution is 2.46. The number of nitrogens with one attached hydrogen (secondary N) is 1. The van der Waals surface area contributed by atoms with Crippen LogP contribution in [-0.4, -0.2) is 50.5 Å². The van der Waals surface area contributed by atoms with Crippen molar-refractivity contribution in [2.24, 2.45) is 5.92 Å². The van der Waals surface area contributed by atoms with E-state index in [2.05, 4.69) is 11.2 Å². The summed E-state index contributed by atoms with van der Waals surface area (Å²) >= 11 is 0. The number of ether oxygens (including phenoxy) is 2. The van der Waals surface area contributed by atoms with Crippen LogP contribution >= 0.6 is 0 Å². The van der Waals surface area contributed by atoms with Gasteiger partial charge in [-0.3, -0.25) is 4.79 Å². The highest BCUT2D eigenvalue weighted by molar-refractivity contribution is 7.89. The minimum atomic E-state index is -3.84. The van der Waals surface area contributed by atoms with E-state index in [0.29, 0.717) is 31.1 Å². The van der Waals surface area contributed by atoms with Crippen LogP contribution in [0.2, 0.25) is 0 Å². The third kappa shape index (κ3) is 2.72. The number of piperidine rings is 1. The van der Waals surface area contributed by atoms with Crippen LogP contribution in [0, 0.1) is 18.3 Å². The summed E-state index contributed by atoms with van der Waals surface area (Å²) in [6.07, 6.45) is 7.54. The Balaban J connectivity index is 1.67. The Kier molecular flexibility index (Phi) is 4.29. The number of amides is 1. The molecule has 1 saturated heterocycles. The lowest BCUT2D eigenvalue weighted by Crippen LogP contribution is -2.52. The molecular weight excluding hydrogens is 356 g/mol. The fraction of sp³-hybridized carbons (Fsp3) is 0.500. The summed E-state index contributed by atoms with van der Waals surface area (Å²) in [7, 11) is -3.84. The van der Waals surface area contributed by atoms with E-state index < -0.39 is 16.1 Å². The molecule has 1 saturated carbocycles. The molecule has 26 heavy (non-hydrogen) atoms. The summed E-state index contributed by atoms with van der Waals surface area (Å²) in [6, 6.07) is 3.72. The standard InChI is InChI=1S/C18H20N2O5S/c1-2-7-19-18(21)17-12-3-4-13(10-12)20(17)26(22,23)14-5-6-15-16(11-14)25-9-8-24-15/h1,5-6,11-13,17H,3-4,7-10H2,(H,19,21)/t12-,13-,17+/m0/s1. The van der Waals surface area contributed by atoms with E-state index in [0.717, 1.165) is 12.8 Å². The van der Waals surface area contributed by atoms with Gasteiger partial charge in [0.2, 0.25) is 15.9 Å². The first-order valence-corrected chi connectivity index (χ1v) is 10.1. The summed E-state index contributed by atoms with van der Waals surface area (Å²) in [5, 5.41) is 2.64. The monoisotopic (exact) mass is 376 g/mol. The number of terminal acetylenes is 1. The van der Waals surface area contributed by atoms with Crippen molar-refractivity contribution in [2.45, 2.75) is 36.2 Å². The Labute approximate surface area is 152 Å². The molecule has 0 spiro atoms. The number of benzene rings is 1. The van der Waals surface area contributed by atoms with Crippen molar-refractivity contribution in [1.82, 2.24) is 9.62 Å². The average Bonchev–Trinajstić information content (AvgIpc) is 3.27. The molecule has 1 aromatic rings. The van der Waals surface area contributed by atoms with Gasteiger partial charge >= 0.3 is 0 Å². The van der Waals surface area contributed by atoms with Gasteiger partial charge in [-0.25, -0.2) is 8.42 Å². The Morgan fingerprint density at radius 2 is 2.04 bits per heavy atom. The van der Waals surface area contributed by atoms with Crippen LogP contribution < -0.4 is 14.8 Å². The lowest BCUT2D eigenvalue weighted by atomic mass is 9.99. The Bertz CT molecular complexity index is 876. The van der Waals surface area contributed by atoms with Gasteiger partial charge in [-0.15, -0.1) is 6.42 Å². The predicted octanol–water partition coefficient (Wildman–Crippen LogP) is 0.749. The van der Waals surface area contributed by atoms with Crippen molar-refractivity contribution in [3.8, 4) is 23.8 Å². The first-order chi connectivity index (χ1) is 12.5. The van der Waals surface area contributed by atoms with Crippen molar-refractivity contribution in [3.05, 3.63) is 18.2 Å². The van der Waals surface area contributed by atoms with E-state index >= 15 is 0 Å². The van der Waals surface area contributed by atoms with Gasteiger partial charge in [-0.05, 0) is 37.3 Å². The van der Waals surface area contributed by atoms with Crippen molar-refractivity contribution in [2.75, 3.05) is 19.8 Å². The van der Waals surface area contributed by atoms with E-state index in [4.69, 9.17) is 15.9 Å². The third-order valence-corrected chi connectivity index (χ3v) is 7.18. The number of carbonyl (C=O) groups excluding carboxylic acids is 1. The highest BCUT2D eigenvalue weighted by atomic mass is 32.2. The van der Waals surface area contributed by atoms with Gasteiger partial charge in [0.1, 0.15) is 19.3 Å². The molecule has 1 aliphatic carbocycles. The van der Waals surface area contributed by atoms with Gasteiger partial charge in [-0.2, -0.15) is 4.31 Å². The topological polar surface area (TPSA) is 84.9 Å². The number of nitrogens with zero attached hydrogens (tertiary/aromatic N) is 1. The molecule has 2 bridgehead atoms. The van der Waals surface area contributed by atoms with Gasteiger partial charge in [0, 0.05) is 12.1 Å². The number of rotatable bonds is 4. The SMILES string of the molecule is C#CCNC(=O)[C@H]1[C@H]2CC[C@@H](C2)N1S(=O)(=O)c1ccc2c(c1)OCCO2. The summed E-state index contributed by atoms with van der Waals surface area (Å²) in [5.41, 5.74) is 0. The predicted molar refractivity (Wildman–Crippen MR) is 93.2 cm³/mol. The molecule has 0 radical (unpaired) electrons. The second-order valence-electron chi connectivity index (χ2n) is 6.73. The van der Waals surface area contributed by atoms with Gasteiger partial charge < -0.3 is 14.8 Å². The number of hydrogen-bond acceptors (Lipinski definition) is 5. The molecular formula is C18H20N2O5S. The lowest BCUT2D eigenvalue weighted by Gasteiger charge is -2.33. The van der Waals surface area contributed by atoms with Gasteiger partial charge in [0.05, 0.1) is 11.4 Å². The smallest absolute Gasteiger partial charge is 0.244 e. The Hall–Kier alpha value is -2.24. The van der Waals surface area contributed by atoms with Crippen LogP contribution in [0.25, 0.3) is 0 Å². The quantitative estimate of drug-likeness (QED) is 0.784. The number of hydrogen-bond donors (Lipinski definition) is 1. The zero-order chi connectivity index (χ0) is 18.3. The zero-order valence-electron chi connectivity index (χ0n) is 14.2. The maximum atomic E-state index is 13.3. The maximum Gasteiger partial charge on any atom is 0.244 e. The molecule has 138 valence electrons. The first kappa shape index (κ1) is 17.2. The van der Waals surface area contributed by atoms with Crippen LogP contribution in [0.15, 0.2) is 23.1 Å². The molecule has 8 heteroatoms. The third-order valence-electron chi connectivity index (χ3n) is 5.25. The van der Waals surface area contributed by atoms with Crippen LogP contribution in [-0.2, 0) is 14.8 Å². The van der Waals surface area contributed by atoms with Crippen molar-refractivity contribution in [3.63, 3.8) is 0 Å². The molecule has 0 aromatic heterocycles. The molecule has 1 N–H and O–H groups in total. The fourth-order valence-electron chi connectivity index (χ4n) is 4.17. The van der Waals surface area contributed by atoms with Gasteiger partial charge in [0.25, 0.3) is 0 Å². The number of fused-ring (bicyclic) bond motifs is 3. The molecule has 7 nitrogen and oxygen atoms in total. The van der Waals surface area contributed by atoms with E-state index in [-0.39, 0.29) is 29.3 Å². The van der Waals surface area contributed by atoms with Gasteiger partial charge in [-0.1, -0.05) is 5.92 Å². The van der Waals surface area contributed by atoms with Crippen LogP contribution in [0.3, 0.4) is 0 Å². The van der Waals surface area contributed by atoms with E-state index in [9.17, 15) is 13.2 Å². The second kappa shape index (κ2) is 6.49. The molecule has 4 rings (SSSR count). The van der Waals surface area contributed by atoms with Gasteiger partial charge in [0.15, 0.2) is 11.5 Å². The Morgan fingerprint density at radius 1 is 1.27 bits per heavy atom. The number of sulfonamides is 1. The number of carbonyl (C=O) groups is 1. The van der Waals surface area contributed by atoms with Crippen LogP contribution in [0.4, 0.5) is 0 Å². The molecule has 2 heterocycles. The highest BCUT2D eigenvalue weighted by Gasteiger charge is 2.54. The summed E-state index contributed by atoms with van der Waals surface area (Å²) in [4.78, 5) is 12.7. The van der Waals surface area contributed by atoms with Crippen LogP contribution in [0.5, 0.6) is 11.5 Å². The normalized spacial score (nSPS) is 27.1. The maximum absolute atomic E-state index is 13.3. The molecule has 3 aliphatic rings. The largest absolute Gasteiger partial charge is 0.486 e. The lowest BCUT2D eigenvalue weighted by molar-refractivity contribution is -0.125. The summed E-state index contributed by atoms with van der Waals surface area (Å²) in [5.74, 6) is 3.01. The van der Waals surface area contributed by atoms with E-state index in [1.807, 2.05) is 0 Å². The molecule has 0 unspecified atom stereocenters. The van der Waals surface area contributed by atoms with Crippen molar-refractivity contribution >= 4 is 15.9 Å². The minimum absolute atomic E-state index is 0.0322. The van der Waals surface area contributed by atoms with E-state index in [1.54, 1.807) is 6.07 Å². The van der Waals surface area contributed by atoms with E-state index in [1.165, 1.54) is 16.4 Å². The molecule has 1 amide bonds. The molecule has 1 aromatic carbocycles. The van der Waals surface area contributed by atoms with Crippen molar-refractivity contribution < 1.29 is 22.7 Å². The molecule has 2 aliphatic heterocycles. The summed E-state index contributed by atoms with van der Waals surface area (Å²) in [6.45, 7) is 0.902. The minimum Gasteiger partial charge on any atom is -0.486 e. The fourth-order valence-corrected chi connectivity index (χ4v) is 6.06. The Morgan fingerprint density at radius 3 is 2.81 bits per heavy atom. The first-order valence-electron chi connectivity index (χ1n) is 8.66. The second-order valence-corrected chi connectivity index (χ2v) is 8.58. The molecule has 2 fully saturated rings. The van der Waals surface area contributed by atoms with Crippen LogP contribution in [0.1, 0.15) is 19.3 Å². The average molecular weight is 376 g/mol. The zero-order valence-corrected chi connectivity index (χ0v) is 15.0. The van der Waals surface area contributed by atoms with Crippen molar-refractivity contribution in [1.29, 1.82) is 0 Å².